The molecule has 0 saturated carbocycles. The Labute approximate surface area is 86.5 Å². The first-order chi connectivity index (χ1) is 7.08. The Morgan fingerprint density at radius 3 is 2.73 bits per heavy atom. The van der Waals surface area contributed by atoms with Crippen LogP contribution in [0.1, 0.15) is 6.92 Å². The summed E-state index contributed by atoms with van der Waals surface area (Å²) < 4.78 is 5.19. The van der Waals surface area contributed by atoms with Gasteiger partial charge in [-0.2, -0.15) is 0 Å². The molecule has 0 amide bonds. The zero-order chi connectivity index (χ0) is 11.0. The first kappa shape index (κ1) is 9.71. The molecule has 0 aromatic carbocycles. The van der Waals surface area contributed by atoms with Gasteiger partial charge in [0.05, 0.1) is 0 Å². The van der Waals surface area contributed by atoms with Crippen molar-refractivity contribution in [3.05, 3.63) is 35.6 Å². The number of hydrogen-bond donors (Lipinski definition) is 1. The van der Waals surface area contributed by atoms with Crippen molar-refractivity contribution >= 4 is 11.8 Å². The van der Waals surface area contributed by atoms with Crippen LogP contribution < -0.4 is 0 Å². The van der Waals surface area contributed by atoms with Crippen molar-refractivity contribution in [2.45, 2.75) is 13.0 Å². The molecule has 1 aliphatic carbocycles. The zero-order valence-corrected chi connectivity index (χ0v) is 8.14. The number of ether oxygens (including phenoxy) is 1. The number of allylic oxidation sites excluding steroid dienone is 2. The molecular weight excluding hydrogens is 196 g/mol. The van der Waals surface area contributed by atoms with E-state index in [-0.39, 0.29) is 23.6 Å². The lowest BCUT2D eigenvalue weighted by molar-refractivity contribution is -0.136. The van der Waals surface area contributed by atoms with Gasteiger partial charge in [-0.3, -0.25) is 4.79 Å². The average molecular weight is 206 g/mol. The summed E-state index contributed by atoms with van der Waals surface area (Å²) in [5, 5.41) is 8.73. The predicted molar refractivity (Wildman–Crippen MR) is 52.0 cm³/mol. The fourth-order valence-corrected chi connectivity index (χ4v) is 1.65. The van der Waals surface area contributed by atoms with Crippen LogP contribution in [0.2, 0.25) is 0 Å². The summed E-state index contributed by atoms with van der Waals surface area (Å²) in [5.74, 6) is -1.23. The van der Waals surface area contributed by atoms with Gasteiger partial charge < -0.3 is 9.84 Å². The Morgan fingerprint density at radius 2 is 2.13 bits per heavy atom. The highest BCUT2D eigenvalue weighted by atomic mass is 16.5. The molecule has 2 unspecified atom stereocenters. The third-order valence-electron chi connectivity index (χ3n) is 2.45. The molecule has 1 N–H and O–H groups in total. The molecule has 2 rings (SSSR count). The van der Waals surface area contributed by atoms with Crippen molar-refractivity contribution in [1.29, 1.82) is 0 Å². The van der Waals surface area contributed by atoms with Crippen molar-refractivity contribution in [3.63, 3.8) is 0 Å². The highest BCUT2D eigenvalue weighted by Gasteiger charge is 2.31. The molecule has 4 heteroatoms. The van der Waals surface area contributed by atoms with Crippen LogP contribution in [-0.4, -0.2) is 23.0 Å². The van der Waals surface area contributed by atoms with Gasteiger partial charge in [0.15, 0.2) is 5.78 Å². The summed E-state index contributed by atoms with van der Waals surface area (Å²) in [5.41, 5.74) is 0.566. The lowest BCUT2D eigenvalue weighted by Crippen LogP contribution is -2.18. The lowest BCUT2D eigenvalue weighted by Gasteiger charge is -2.17. The van der Waals surface area contributed by atoms with E-state index in [4.69, 9.17) is 9.84 Å². The summed E-state index contributed by atoms with van der Waals surface area (Å²) in [6, 6.07) is 0. The van der Waals surface area contributed by atoms with E-state index in [1.165, 1.54) is 6.92 Å². The van der Waals surface area contributed by atoms with E-state index in [2.05, 4.69) is 0 Å². The summed E-state index contributed by atoms with van der Waals surface area (Å²) in [6.45, 7) is 1.47. The number of carboxylic acid groups (broad SMARTS) is 1. The summed E-state index contributed by atoms with van der Waals surface area (Å²) in [7, 11) is 0. The van der Waals surface area contributed by atoms with Gasteiger partial charge in [-0.05, 0) is 19.1 Å². The van der Waals surface area contributed by atoms with E-state index in [0.29, 0.717) is 5.57 Å². The normalized spacial score (nSPS) is 27.5. The molecule has 0 saturated heterocycles. The lowest BCUT2D eigenvalue weighted by atomic mass is 9.93. The number of carbonyl (C=O) groups is 2. The highest BCUT2D eigenvalue weighted by Crippen LogP contribution is 2.30. The summed E-state index contributed by atoms with van der Waals surface area (Å²) in [6.07, 6.45) is 6.36. The van der Waals surface area contributed by atoms with Gasteiger partial charge >= 0.3 is 5.97 Å². The van der Waals surface area contributed by atoms with Crippen molar-refractivity contribution < 1.29 is 19.4 Å². The van der Waals surface area contributed by atoms with Crippen molar-refractivity contribution in [2.75, 3.05) is 0 Å². The van der Waals surface area contributed by atoms with E-state index >= 15 is 0 Å². The summed E-state index contributed by atoms with van der Waals surface area (Å²) in [4.78, 5) is 21.7. The van der Waals surface area contributed by atoms with Crippen LogP contribution in [0.15, 0.2) is 35.6 Å². The quantitative estimate of drug-likeness (QED) is 0.733. The standard InChI is InChI=1S/C11H10O4/c1-6(12)7-2-3-8-5-10(11(13)14)15-9(8)4-7/h2-5,8-9H,1H3,(H,13,14). The van der Waals surface area contributed by atoms with Gasteiger partial charge in [0.2, 0.25) is 5.76 Å². The van der Waals surface area contributed by atoms with Crippen LogP contribution in [0.25, 0.3) is 0 Å². The smallest absolute Gasteiger partial charge is 0.370 e. The molecular formula is C11H10O4. The van der Waals surface area contributed by atoms with E-state index in [1.807, 2.05) is 0 Å². The van der Waals surface area contributed by atoms with E-state index in [9.17, 15) is 9.59 Å². The maximum absolute atomic E-state index is 11.1. The van der Waals surface area contributed by atoms with E-state index in [0.717, 1.165) is 0 Å². The Balaban J connectivity index is 2.21. The number of ketones is 1. The Bertz CT molecular complexity index is 414. The number of hydrogen-bond acceptors (Lipinski definition) is 3. The fourth-order valence-electron chi connectivity index (χ4n) is 1.65. The fraction of sp³-hybridized carbons (Fsp3) is 0.273. The minimum absolute atomic E-state index is 0.0444. The Hall–Kier alpha value is -1.84. The number of rotatable bonds is 2. The second-order valence-electron chi connectivity index (χ2n) is 3.53. The number of carboxylic acids is 1. The van der Waals surface area contributed by atoms with Crippen LogP contribution >= 0.6 is 0 Å². The first-order valence-electron chi connectivity index (χ1n) is 4.60. The number of Topliss-reactive ketones (excluding diaryl/α,β-unsaturated/α-hetero) is 1. The third kappa shape index (κ3) is 1.70. The molecule has 1 aliphatic heterocycles. The van der Waals surface area contributed by atoms with Gasteiger partial charge in [-0.1, -0.05) is 12.2 Å². The van der Waals surface area contributed by atoms with Crippen LogP contribution in [-0.2, 0) is 14.3 Å². The van der Waals surface area contributed by atoms with Crippen molar-refractivity contribution in [2.24, 2.45) is 5.92 Å². The highest BCUT2D eigenvalue weighted by molar-refractivity contribution is 5.96. The monoisotopic (exact) mass is 206 g/mol. The number of carbonyl (C=O) groups excluding carboxylic acids is 1. The Morgan fingerprint density at radius 1 is 1.40 bits per heavy atom. The molecule has 15 heavy (non-hydrogen) atoms. The Kier molecular flexibility index (Phi) is 2.19. The van der Waals surface area contributed by atoms with Crippen LogP contribution in [0.3, 0.4) is 0 Å². The maximum Gasteiger partial charge on any atom is 0.370 e. The maximum atomic E-state index is 11.1. The topological polar surface area (TPSA) is 63.6 Å². The molecule has 0 bridgehead atoms. The van der Waals surface area contributed by atoms with Gasteiger partial charge in [-0.15, -0.1) is 0 Å². The molecule has 0 aromatic heterocycles. The van der Waals surface area contributed by atoms with Gasteiger partial charge in [0.1, 0.15) is 6.10 Å². The SMILES string of the molecule is CC(=O)C1=CC2OC(C(=O)O)=CC2C=C1. The van der Waals surface area contributed by atoms with Crippen LogP contribution in [0, 0.1) is 5.92 Å². The molecule has 2 aliphatic rings. The average Bonchev–Trinajstić information content (AvgIpc) is 2.59. The predicted octanol–water partition coefficient (Wildman–Crippen LogP) is 1.06. The molecule has 1 heterocycles. The van der Waals surface area contributed by atoms with Gasteiger partial charge in [0.25, 0.3) is 0 Å². The van der Waals surface area contributed by atoms with Crippen LogP contribution in [0.4, 0.5) is 0 Å². The third-order valence-corrected chi connectivity index (χ3v) is 2.45. The van der Waals surface area contributed by atoms with Crippen LogP contribution in [0.5, 0.6) is 0 Å². The number of aliphatic carboxylic acids is 1. The van der Waals surface area contributed by atoms with Crippen molar-refractivity contribution in [1.82, 2.24) is 0 Å². The van der Waals surface area contributed by atoms with E-state index in [1.54, 1.807) is 24.3 Å². The molecule has 0 fully saturated rings. The zero-order valence-electron chi connectivity index (χ0n) is 8.14. The molecule has 0 spiro atoms. The van der Waals surface area contributed by atoms with E-state index < -0.39 is 5.97 Å². The van der Waals surface area contributed by atoms with Crippen molar-refractivity contribution in [3.8, 4) is 0 Å². The minimum Gasteiger partial charge on any atom is -0.478 e. The molecule has 2 atom stereocenters. The molecule has 0 aromatic rings. The molecule has 78 valence electrons. The molecule has 4 nitrogen and oxygen atoms in total. The first-order valence-corrected chi connectivity index (χ1v) is 4.60. The summed E-state index contributed by atoms with van der Waals surface area (Å²) >= 11 is 0. The van der Waals surface area contributed by atoms with Gasteiger partial charge in [-0.25, -0.2) is 4.79 Å². The largest absolute Gasteiger partial charge is 0.478 e. The molecule has 0 radical (unpaired) electrons. The second kappa shape index (κ2) is 3.38. The second-order valence-corrected chi connectivity index (χ2v) is 3.53. The minimum atomic E-state index is -1.07. The number of fused-ring (bicyclic) bond motifs is 1. The van der Waals surface area contributed by atoms with Gasteiger partial charge in [0, 0.05) is 11.5 Å².